The number of aliphatic hydroxyl groups excluding tert-OH is 1. The lowest BCUT2D eigenvalue weighted by atomic mass is 9.83. The number of hydrogen-bond acceptors (Lipinski definition) is 5. The Kier molecular flexibility index (Phi) is 5.30. The maximum atomic E-state index is 12.1. The number of anilines is 1. The van der Waals surface area contributed by atoms with Gasteiger partial charge in [-0.25, -0.2) is 4.79 Å². The van der Waals surface area contributed by atoms with Crippen LogP contribution in [0.25, 0.3) is 0 Å². The first-order chi connectivity index (χ1) is 13.3. The smallest absolute Gasteiger partial charge is 0.326 e. The molecule has 1 heterocycles. The zero-order valence-electron chi connectivity index (χ0n) is 16.2. The van der Waals surface area contributed by atoms with Gasteiger partial charge in [0.15, 0.2) is 0 Å². The molecule has 6 heteroatoms. The summed E-state index contributed by atoms with van der Waals surface area (Å²) in [6.07, 6.45) is -0.662. The highest BCUT2D eigenvalue weighted by Gasteiger charge is 2.48. The molecule has 3 atom stereocenters. The molecule has 3 rings (SSSR count). The van der Waals surface area contributed by atoms with Gasteiger partial charge in [0.05, 0.1) is 17.7 Å². The summed E-state index contributed by atoms with van der Waals surface area (Å²) in [7, 11) is 0. The number of rotatable bonds is 5. The molecule has 0 aliphatic carbocycles. The van der Waals surface area contributed by atoms with Crippen LogP contribution in [0.3, 0.4) is 0 Å². The summed E-state index contributed by atoms with van der Waals surface area (Å²) in [6, 6.07) is 14.8. The highest BCUT2D eigenvalue weighted by Crippen LogP contribution is 2.45. The van der Waals surface area contributed by atoms with Crippen LogP contribution < -0.4 is 9.64 Å². The van der Waals surface area contributed by atoms with E-state index in [4.69, 9.17) is 4.74 Å². The molecule has 6 nitrogen and oxygen atoms in total. The summed E-state index contributed by atoms with van der Waals surface area (Å²) in [4.78, 5) is 13.8. The van der Waals surface area contributed by atoms with Crippen LogP contribution in [0, 0.1) is 11.3 Å². The van der Waals surface area contributed by atoms with Crippen molar-refractivity contribution in [3.05, 3.63) is 59.7 Å². The molecule has 2 N–H and O–H groups in total. The topological polar surface area (TPSA) is 93.8 Å². The average Bonchev–Trinajstić information content (AvgIpc) is 2.67. The van der Waals surface area contributed by atoms with Crippen molar-refractivity contribution in [2.24, 2.45) is 0 Å². The third kappa shape index (κ3) is 3.41. The minimum Gasteiger partial charge on any atom is -0.485 e. The lowest BCUT2D eigenvalue weighted by molar-refractivity contribution is -0.139. The number of aliphatic carboxylic acids is 1. The molecule has 0 spiro atoms. The number of carboxylic acid groups (broad SMARTS) is 1. The highest BCUT2D eigenvalue weighted by atomic mass is 16.5. The van der Waals surface area contributed by atoms with Gasteiger partial charge in [0.2, 0.25) is 0 Å². The monoisotopic (exact) mass is 380 g/mol. The largest absolute Gasteiger partial charge is 0.485 e. The second-order valence-corrected chi connectivity index (χ2v) is 7.46. The van der Waals surface area contributed by atoms with Crippen LogP contribution in [0.4, 0.5) is 5.69 Å². The number of aliphatic hydroxyl groups is 1. The van der Waals surface area contributed by atoms with E-state index in [2.05, 4.69) is 6.07 Å². The fourth-order valence-electron chi connectivity index (χ4n) is 3.76. The van der Waals surface area contributed by atoms with E-state index in [-0.39, 0.29) is 0 Å². The van der Waals surface area contributed by atoms with Crippen molar-refractivity contribution in [1.82, 2.24) is 0 Å². The number of ether oxygens (including phenoxy) is 1. The van der Waals surface area contributed by atoms with Gasteiger partial charge in [-0.15, -0.1) is 0 Å². The summed E-state index contributed by atoms with van der Waals surface area (Å²) >= 11 is 0. The van der Waals surface area contributed by atoms with Gasteiger partial charge in [0.1, 0.15) is 23.5 Å². The second-order valence-electron chi connectivity index (χ2n) is 7.46. The van der Waals surface area contributed by atoms with Gasteiger partial charge < -0.3 is 19.8 Å². The summed E-state index contributed by atoms with van der Waals surface area (Å²) in [5.41, 5.74) is 0.784. The number of hydrogen-bond donors (Lipinski definition) is 2. The molecular formula is C22H24N2O4. The van der Waals surface area contributed by atoms with Crippen molar-refractivity contribution < 1.29 is 19.7 Å². The van der Waals surface area contributed by atoms with Gasteiger partial charge in [-0.1, -0.05) is 25.1 Å². The van der Waals surface area contributed by atoms with Crippen LogP contribution in [0.2, 0.25) is 0 Å². The normalized spacial score (nSPS) is 21.0. The fourth-order valence-corrected chi connectivity index (χ4v) is 3.76. The van der Waals surface area contributed by atoms with E-state index in [1.807, 2.05) is 30.3 Å². The predicted molar refractivity (Wildman–Crippen MR) is 105 cm³/mol. The molecule has 2 aromatic rings. The van der Waals surface area contributed by atoms with Crippen molar-refractivity contribution in [1.29, 1.82) is 5.26 Å². The van der Waals surface area contributed by atoms with Crippen molar-refractivity contribution in [2.45, 2.75) is 51.0 Å². The molecule has 0 bridgehead atoms. The fraction of sp³-hybridized carbons (Fsp3) is 0.364. The Morgan fingerprint density at radius 1 is 1.29 bits per heavy atom. The number of carboxylic acids is 1. The van der Waals surface area contributed by atoms with Crippen LogP contribution in [0.5, 0.6) is 5.75 Å². The Bertz CT molecular complexity index is 904. The van der Waals surface area contributed by atoms with Gasteiger partial charge in [-0.05, 0) is 50.6 Å². The van der Waals surface area contributed by atoms with Crippen molar-refractivity contribution in [2.75, 3.05) is 4.90 Å². The van der Waals surface area contributed by atoms with E-state index in [0.29, 0.717) is 29.0 Å². The zero-order valence-corrected chi connectivity index (χ0v) is 16.2. The third-order valence-electron chi connectivity index (χ3n) is 5.20. The van der Waals surface area contributed by atoms with E-state index in [1.165, 1.54) is 0 Å². The summed E-state index contributed by atoms with van der Waals surface area (Å²) in [5.74, 6) is -0.429. The Hall–Kier alpha value is -3.04. The van der Waals surface area contributed by atoms with Crippen molar-refractivity contribution in [3.63, 3.8) is 0 Å². The molecule has 0 aromatic heterocycles. The Morgan fingerprint density at radius 3 is 2.54 bits per heavy atom. The van der Waals surface area contributed by atoms with Gasteiger partial charge in [0.25, 0.3) is 0 Å². The molecule has 0 saturated carbocycles. The minimum absolute atomic E-state index is 0.349. The van der Waals surface area contributed by atoms with E-state index < -0.39 is 29.8 Å². The van der Waals surface area contributed by atoms with Gasteiger partial charge >= 0.3 is 5.97 Å². The van der Waals surface area contributed by atoms with E-state index in [9.17, 15) is 20.3 Å². The molecule has 1 aliphatic heterocycles. The molecule has 0 saturated heterocycles. The van der Waals surface area contributed by atoms with Crippen LogP contribution in [0.15, 0.2) is 48.5 Å². The van der Waals surface area contributed by atoms with E-state index in [1.54, 1.807) is 43.9 Å². The standard InChI is InChI=1S/C22H24N2O4/c1-4-17(21(26)27)24(15-8-6-5-7-9-15)19-16-12-14(13-23)10-11-18(16)28-22(2,3)20(19)25/h5-12,17,19-20,25H,4H2,1-3H3,(H,26,27). The first kappa shape index (κ1) is 19.7. The van der Waals surface area contributed by atoms with Crippen LogP contribution in [-0.4, -0.2) is 33.9 Å². The highest BCUT2D eigenvalue weighted by molar-refractivity contribution is 5.79. The number of nitriles is 1. The molecule has 1 aliphatic rings. The van der Waals surface area contributed by atoms with Crippen molar-refractivity contribution >= 4 is 11.7 Å². The van der Waals surface area contributed by atoms with Gasteiger partial charge in [-0.2, -0.15) is 5.26 Å². The van der Waals surface area contributed by atoms with Gasteiger partial charge in [-0.3, -0.25) is 0 Å². The third-order valence-corrected chi connectivity index (χ3v) is 5.20. The quantitative estimate of drug-likeness (QED) is 0.825. The van der Waals surface area contributed by atoms with E-state index in [0.717, 1.165) is 0 Å². The summed E-state index contributed by atoms with van der Waals surface area (Å²) in [5, 5.41) is 30.4. The maximum Gasteiger partial charge on any atom is 0.326 e. The molecule has 28 heavy (non-hydrogen) atoms. The molecular weight excluding hydrogens is 356 g/mol. The molecule has 146 valence electrons. The number of para-hydroxylation sites is 1. The molecule has 0 amide bonds. The van der Waals surface area contributed by atoms with Crippen LogP contribution in [-0.2, 0) is 4.79 Å². The average molecular weight is 380 g/mol. The molecule has 2 aromatic carbocycles. The summed E-state index contributed by atoms with van der Waals surface area (Å²) in [6.45, 7) is 5.35. The first-order valence-electron chi connectivity index (χ1n) is 9.27. The Balaban J connectivity index is 2.26. The van der Waals surface area contributed by atoms with Crippen LogP contribution >= 0.6 is 0 Å². The maximum absolute atomic E-state index is 12.1. The molecule has 0 radical (unpaired) electrons. The zero-order chi connectivity index (χ0) is 20.5. The lowest BCUT2D eigenvalue weighted by Gasteiger charge is -2.48. The summed E-state index contributed by atoms with van der Waals surface area (Å²) < 4.78 is 5.99. The molecule has 0 fully saturated rings. The Morgan fingerprint density at radius 2 is 1.96 bits per heavy atom. The molecule has 3 unspecified atom stereocenters. The van der Waals surface area contributed by atoms with Gasteiger partial charge in [0, 0.05) is 11.3 Å². The van der Waals surface area contributed by atoms with Crippen LogP contribution in [0.1, 0.15) is 44.4 Å². The Labute approximate surface area is 164 Å². The van der Waals surface area contributed by atoms with Crippen molar-refractivity contribution in [3.8, 4) is 11.8 Å². The number of benzene rings is 2. The number of fused-ring (bicyclic) bond motifs is 1. The SMILES string of the molecule is CCC(C(=O)O)N(c1ccccc1)C1c2cc(C#N)ccc2OC(C)(C)C1O. The van der Waals surface area contributed by atoms with E-state index >= 15 is 0 Å². The lowest BCUT2D eigenvalue weighted by Crippen LogP contribution is -2.57. The second kappa shape index (κ2) is 7.53. The predicted octanol–water partition coefficient (Wildman–Crippen LogP) is 3.50. The minimum atomic E-state index is -1.01. The first-order valence-corrected chi connectivity index (χ1v) is 9.27. The number of nitrogens with zero attached hydrogens (tertiary/aromatic N) is 2. The number of carbonyl (C=O) groups is 1.